The molecular formula is C17H13N3OS. The molecule has 2 aliphatic rings. The standard InChI is InChI=1S/C17H13N3OS/c21-14-11-22-17-19-18-15(12-7-3-1-4-8-12)16(20(14)17)13-9-5-2-6-10-13/h1-10,16H,11H2. The molecule has 4 nitrogen and oxygen atoms in total. The van der Waals surface area contributed by atoms with Crippen molar-refractivity contribution in [3.8, 4) is 0 Å². The maximum absolute atomic E-state index is 12.3. The number of hydrogen-bond donors (Lipinski definition) is 0. The average molecular weight is 307 g/mol. The van der Waals surface area contributed by atoms with Gasteiger partial charge in [-0.25, -0.2) is 0 Å². The number of thioether (sulfide) groups is 1. The van der Waals surface area contributed by atoms with Crippen LogP contribution in [-0.4, -0.2) is 27.4 Å². The van der Waals surface area contributed by atoms with Crippen LogP contribution < -0.4 is 0 Å². The van der Waals surface area contributed by atoms with E-state index in [0.717, 1.165) is 16.8 Å². The summed E-state index contributed by atoms with van der Waals surface area (Å²) in [5.41, 5.74) is 2.85. The summed E-state index contributed by atoms with van der Waals surface area (Å²) in [5.74, 6) is 0.515. The maximum Gasteiger partial charge on any atom is 0.239 e. The molecule has 1 unspecified atom stereocenters. The largest absolute Gasteiger partial charge is 0.276 e. The van der Waals surface area contributed by atoms with Gasteiger partial charge < -0.3 is 0 Å². The second-order valence-corrected chi connectivity index (χ2v) is 6.04. The number of carbonyl (C=O) groups excluding carboxylic acids is 1. The number of benzene rings is 2. The zero-order valence-corrected chi connectivity index (χ0v) is 12.5. The Bertz CT molecular complexity index is 771. The van der Waals surface area contributed by atoms with Crippen LogP contribution in [0, 0.1) is 0 Å². The van der Waals surface area contributed by atoms with Crippen molar-refractivity contribution in [3.05, 3.63) is 71.8 Å². The molecule has 5 heteroatoms. The number of hydrogen-bond acceptors (Lipinski definition) is 4. The summed E-state index contributed by atoms with van der Waals surface area (Å²) < 4.78 is 0. The Morgan fingerprint density at radius 2 is 1.64 bits per heavy atom. The van der Waals surface area contributed by atoms with Crippen molar-refractivity contribution < 1.29 is 4.79 Å². The van der Waals surface area contributed by atoms with Crippen molar-refractivity contribution in [1.29, 1.82) is 0 Å². The van der Waals surface area contributed by atoms with E-state index in [0.29, 0.717) is 10.9 Å². The molecule has 22 heavy (non-hydrogen) atoms. The highest BCUT2D eigenvalue weighted by Crippen LogP contribution is 2.35. The maximum atomic E-state index is 12.3. The van der Waals surface area contributed by atoms with Gasteiger partial charge in [0.05, 0.1) is 11.5 Å². The first kappa shape index (κ1) is 13.3. The van der Waals surface area contributed by atoms with Crippen molar-refractivity contribution in [2.24, 2.45) is 10.2 Å². The number of amides is 1. The molecule has 1 saturated heterocycles. The van der Waals surface area contributed by atoms with E-state index in [2.05, 4.69) is 10.2 Å². The van der Waals surface area contributed by atoms with Gasteiger partial charge in [0.15, 0.2) is 5.17 Å². The number of nitrogens with zero attached hydrogens (tertiary/aromatic N) is 3. The molecule has 0 aromatic heterocycles. The molecule has 108 valence electrons. The monoisotopic (exact) mass is 307 g/mol. The minimum absolute atomic E-state index is 0.0842. The number of amidine groups is 1. The fourth-order valence-corrected chi connectivity index (χ4v) is 3.58. The summed E-state index contributed by atoms with van der Waals surface area (Å²) >= 11 is 1.45. The van der Waals surface area contributed by atoms with Crippen LogP contribution >= 0.6 is 11.8 Å². The van der Waals surface area contributed by atoms with E-state index in [9.17, 15) is 4.79 Å². The highest BCUT2D eigenvalue weighted by atomic mass is 32.2. The van der Waals surface area contributed by atoms with Gasteiger partial charge >= 0.3 is 0 Å². The third-order valence-electron chi connectivity index (χ3n) is 3.74. The van der Waals surface area contributed by atoms with E-state index in [1.54, 1.807) is 4.90 Å². The van der Waals surface area contributed by atoms with E-state index in [4.69, 9.17) is 0 Å². The van der Waals surface area contributed by atoms with Gasteiger partial charge in [0.2, 0.25) is 5.91 Å². The van der Waals surface area contributed by atoms with Crippen molar-refractivity contribution in [1.82, 2.24) is 4.90 Å². The topological polar surface area (TPSA) is 45.0 Å². The van der Waals surface area contributed by atoms with Crippen LogP contribution in [0.5, 0.6) is 0 Å². The van der Waals surface area contributed by atoms with Crippen LogP contribution in [0.4, 0.5) is 0 Å². The molecule has 0 saturated carbocycles. The number of carbonyl (C=O) groups is 1. The van der Waals surface area contributed by atoms with Gasteiger partial charge in [0, 0.05) is 5.56 Å². The van der Waals surface area contributed by atoms with Crippen molar-refractivity contribution in [2.45, 2.75) is 6.04 Å². The Hall–Kier alpha value is -2.40. The van der Waals surface area contributed by atoms with Crippen LogP contribution in [0.2, 0.25) is 0 Å². The number of rotatable bonds is 2. The van der Waals surface area contributed by atoms with Crippen LogP contribution in [-0.2, 0) is 4.79 Å². The van der Waals surface area contributed by atoms with E-state index in [1.807, 2.05) is 60.7 Å². The lowest BCUT2D eigenvalue weighted by Gasteiger charge is -2.31. The molecule has 1 fully saturated rings. The molecule has 0 N–H and O–H groups in total. The Kier molecular flexibility index (Phi) is 3.27. The number of fused-ring (bicyclic) bond motifs is 1. The predicted molar refractivity (Wildman–Crippen MR) is 88.9 cm³/mol. The molecule has 0 bridgehead atoms. The highest BCUT2D eigenvalue weighted by molar-refractivity contribution is 8.15. The molecule has 0 radical (unpaired) electrons. The summed E-state index contributed by atoms with van der Waals surface area (Å²) in [7, 11) is 0. The lowest BCUT2D eigenvalue weighted by atomic mass is 9.95. The average Bonchev–Trinajstić information content (AvgIpc) is 2.97. The van der Waals surface area contributed by atoms with E-state index in [1.165, 1.54) is 11.8 Å². The molecule has 1 amide bonds. The lowest BCUT2D eigenvalue weighted by molar-refractivity contribution is -0.124. The molecular weight excluding hydrogens is 294 g/mol. The zero-order valence-electron chi connectivity index (χ0n) is 11.7. The van der Waals surface area contributed by atoms with Crippen LogP contribution in [0.1, 0.15) is 17.2 Å². The van der Waals surface area contributed by atoms with Gasteiger partial charge in [-0.1, -0.05) is 72.4 Å². The van der Waals surface area contributed by atoms with Crippen LogP contribution in [0.25, 0.3) is 0 Å². The van der Waals surface area contributed by atoms with E-state index in [-0.39, 0.29) is 11.9 Å². The first-order valence-corrected chi connectivity index (χ1v) is 8.04. The zero-order chi connectivity index (χ0) is 14.9. The molecule has 1 atom stereocenters. The summed E-state index contributed by atoms with van der Waals surface area (Å²) in [5, 5.41) is 9.37. The lowest BCUT2D eigenvalue weighted by Crippen LogP contribution is -2.40. The molecule has 4 rings (SSSR count). The molecule has 2 aromatic rings. The first-order valence-electron chi connectivity index (χ1n) is 7.05. The summed E-state index contributed by atoms with van der Waals surface area (Å²) in [6, 6.07) is 19.7. The van der Waals surface area contributed by atoms with E-state index >= 15 is 0 Å². The summed E-state index contributed by atoms with van der Waals surface area (Å²) in [4.78, 5) is 14.1. The van der Waals surface area contributed by atoms with Gasteiger partial charge in [-0.3, -0.25) is 9.69 Å². The van der Waals surface area contributed by atoms with Crippen molar-refractivity contribution >= 4 is 28.5 Å². The SMILES string of the molecule is O=C1CSC2=NN=C(c3ccccc3)C(c3ccccc3)N12. The van der Waals surface area contributed by atoms with E-state index < -0.39 is 0 Å². The van der Waals surface area contributed by atoms with Gasteiger partial charge in [0.1, 0.15) is 6.04 Å². The second kappa shape index (κ2) is 5.42. The minimum Gasteiger partial charge on any atom is -0.276 e. The van der Waals surface area contributed by atoms with Gasteiger partial charge in [-0.15, -0.1) is 10.2 Å². The van der Waals surface area contributed by atoms with Crippen molar-refractivity contribution in [2.75, 3.05) is 5.75 Å². The molecule has 2 heterocycles. The Morgan fingerprint density at radius 1 is 0.955 bits per heavy atom. The smallest absolute Gasteiger partial charge is 0.239 e. The fraction of sp³-hybridized carbons (Fsp3) is 0.118. The predicted octanol–water partition coefficient (Wildman–Crippen LogP) is 3.08. The molecule has 2 aliphatic heterocycles. The Morgan fingerprint density at radius 3 is 2.36 bits per heavy atom. The molecule has 0 aliphatic carbocycles. The molecule has 2 aromatic carbocycles. The highest BCUT2D eigenvalue weighted by Gasteiger charge is 2.40. The Labute approximate surface area is 132 Å². The summed E-state index contributed by atoms with van der Waals surface area (Å²) in [6.07, 6.45) is 0. The van der Waals surface area contributed by atoms with Gasteiger partial charge in [0.25, 0.3) is 0 Å². The summed E-state index contributed by atoms with van der Waals surface area (Å²) in [6.45, 7) is 0. The molecule has 0 spiro atoms. The third-order valence-corrected chi connectivity index (χ3v) is 4.67. The quantitative estimate of drug-likeness (QED) is 0.856. The fourth-order valence-electron chi connectivity index (χ4n) is 2.74. The Balaban J connectivity index is 1.87. The minimum atomic E-state index is -0.210. The van der Waals surface area contributed by atoms with Crippen LogP contribution in [0.15, 0.2) is 70.9 Å². The van der Waals surface area contributed by atoms with Gasteiger partial charge in [-0.05, 0) is 5.56 Å². The van der Waals surface area contributed by atoms with Gasteiger partial charge in [-0.2, -0.15) is 0 Å². The first-order chi connectivity index (χ1) is 10.8. The normalized spacial score (nSPS) is 20.5. The second-order valence-electron chi connectivity index (χ2n) is 5.10. The van der Waals surface area contributed by atoms with Crippen molar-refractivity contribution in [3.63, 3.8) is 0 Å². The third kappa shape index (κ3) is 2.14. The van der Waals surface area contributed by atoms with Crippen LogP contribution in [0.3, 0.4) is 0 Å².